The molecule has 0 unspecified atom stereocenters. The second kappa shape index (κ2) is 6.41. The Balaban J connectivity index is 2.29. The van der Waals surface area contributed by atoms with Crippen molar-refractivity contribution < 1.29 is 4.74 Å². The fourth-order valence-corrected chi connectivity index (χ4v) is 2.27. The van der Waals surface area contributed by atoms with Crippen molar-refractivity contribution in [3.63, 3.8) is 0 Å². The molecule has 6 nitrogen and oxygen atoms in total. The molecule has 1 aromatic heterocycles. The summed E-state index contributed by atoms with van der Waals surface area (Å²) in [7, 11) is 1.70. The number of anilines is 1. The standard InChI is InChI=1S/C14H20ClN5O/c1-14(2,7-8-21-3)9-20-13(17-18-19-20)10-5-4-6-11(15)12(10)16/h4-6H,7-9,16H2,1-3H3. The van der Waals surface area contributed by atoms with Gasteiger partial charge in [0, 0.05) is 19.3 Å². The number of aromatic nitrogens is 4. The SMILES string of the molecule is COCCC(C)(C)Cn1nnnc1-c1cccc(Cl)c1N. The molecule has 1 aromatic carbocycles. The summed E-state index contributed by atoms with van der Waals surface area (Å²) in [4.78, 5) is 0. The molecule has 0 fully saturated rings. The summed E-state index contributed by atoms with van der Waals surface area (Å²) in [5.41, 5.74) is 7.27. The Morgan fingerprint density at radius 3 is 2.86 bits per heavy atom. The maximum atomic E-state index is 6.07. The molecule has 21 heavy (non-hydrogen) atoms. The fraction of sp³-hybridized carbons (Fsp3) is 0.500. The van der Waals surface area contributed by atoms with E-state index in [-0.39, 0.29) is 5.41 Å². The number of tetrazole rings is 1. The molecule has 0 aliphatic carbocycles. The molecule has 0 spiro atoms. The monoisotopic (exact) mass is 309 g/mol. The normalized spacial score (nSPS) is 11.8. The molecular weight excluding hydrogens is 290 g/mol. The maximum absolute atomic E-state index is 6.07. The van der Waals surface area contributed by atoms with Crippen LogP contribution in [0.4, 0.5) is 5.69 Å². The Bertz CT molecular complexity index is 611. The van der Waals surface area contributed by atoms with Crippen molar-refractivity contribution >= 4 is 17.3 Å². The van der Waals surface area contributed by atoms with Crippen LogP contribution in [0.25, 0.3) is 11.4 Å². The molecule has 7 heteroatoms. The molecule has 1 heterocycles. The third-order valence-corrected chi connectivity index (χ3v) is 3.72. The smallest absolute Gasteiger partial charge is 0.184 e. The van der Waals surface area contributed by atoms with Gasteiger partial charge in [0.15, 0.2) is 5.82 Å². The van der Waals surface area contributed by atoms with Gasteiger partial charge in [0.25, 0.3) is 0 Å². The summed E-state index contributed by atoms with van der Waals surface area (Å²) in [6.07, 6.45) is 0.911. The average molecular weight is 310 g/mol. The summed E-state index contributed by atoms with van der Waals surface area (Å²) in [6.45, 7) is 5.67. The van der Waals surface area contributed by atoms with Crippen LogP contribution >= 0.6 is 11.6 Å². The van der Waals surface area contributed by atoms with Crippen LogP contribution in [-0.2, 0) is 11.3 Å². The second-order valence-electron chi connectivity index (χ2n) is 5.77. The highest BCUT2D eigenvalue weighted by Gasteiger charge is 2.22. The van der Waals surface area contributed by atoms with Gasteiger partial charge in [-0.25, -0.2) is 4.68 Å². The molecule has 2 N–H and O–H groups in total. The molecule has 0 radical (unpaired) electrons. The minimum absolute atomic E-state index is 0.00742. The van der Waals surface area contributed by atoms with Gasteiger partial charge in [-0.2, -0.15) is 0 Å². The Hall–Kier alpha value is -1.66. The Morgan fingerprint density at radius 2 is 2.14 bits per heavy atom. The number of hydrogen-bond donors (Lipinski definition) is 1. The topological polar surface area (TPSA) is 78.8 Å². The zero-order valence-corrected chi connectivity index (χ0v) is 13.3. The molecule has 114 valence electrons. The Morgan fingerprint density at radius 1 is 1.38 bits per heavy atom. The Kier molecular flexibility index (Phi) is 4.80. The van der Waals surface area contributed by atoms with Crippen LogP contribution in [0.5, 0.6) is 0 Å². The van der Waals surface area contributed by atoms with E-state index in [1.165, 1.54) is 0 Å². The number of hydrogen-bond acceptors (Lipinski definition) is 5. The predicted octanol–water partition coefficient (Wildman–Crippen LogP) is 2.64. The number of methoxy groups -OCH3 is 1. The van der Waals surface area contributed by atoms with Gasteiger partial charge in [-0.05, 0) is 34.4 Å². The zero-order valence-electron chi connectivity index (χ0n) is 12.5. The van der Waals surface area contributed by atoms with Crippen molar-refractivity contribution in [3.8, 4) is 11.4 Å². The minimum Gasteiger partial charge on any atom is -0.397 e. The number of nitrogens with zero attached hydrogens (tertiary/aromatic N) is 4. The lowest BCUT2D eigenvalue weighted by Crippen LogP contribution is -2.23. The number of para-hydroxylation sites is 1. The molecule has 0 aliphatic heterocycles. The number of benzene rings is 1. The van der Waals surface area contributed by atoms with Gasteiger partial charge in [0.1, 0.15) is 0 Å². The maximum Gasteiger partial charge on any atom is 0.184 e. The van der Waals surface area contributed by atoms with Gasteiger partial charge in [0.05, 0.1) is 17.3 Å². The lowest BCUT2D eigenvalue weighted by atomic mass is 9.89. The van der Waals surface area contributed by atoms with E-state index < -0.39 is 0 Å². The third kappa shape index (κ3) is 3.71. The first-order valence-electron chi connectivity index (χ1n) is 6.74. The van der Waals surface area contributed by atoms with Crippen LogP contribution < -0.4 is 5.73 Å². The van der Waals surface area contributed by atoms with E-state index >= 15 is 0 Å². The summed E-state index contributed by atoms with van der Waals surface area (Å²) in [5, 5.41) is 12.4. The summed E-state index contributed by atoms with van der Waals surface area (Å²) >= 11 is 6.07. The van der Waals surface area contributed by atoms with E-state index in [4.69, 9.17) is 22.1 Å². The zero-order chi connectivity index (χ0) is 15.5. The molecule has 2 aromatic rings. The average Bonchev–Trinajstić information content (AvgIpc) is 2.87. The van der Waals surface area contributed by atoms with E-state index in [1.54, 1.807) is 17.9 Å². The van der Waals surface area contributed by atoms with Gasteiger partial charge in [0.2, 0.25) is 0 Å². The molecule has 0 bridgehead atoms. The van der Waals surface area contributed by atoms with Crippen molar-refractivity contribution in [3.05, 3.63) is 23.2 Å². The summed E-state index contributed by atoms with van der Waals surface area (Å²) in [6, 6.07) is 5.45. The highest BCUT2D eigenvalue weighted by Crippen LogP contribution is 2.31. The first kappa shape index (κ1) is 15.7. The van der Waals surface area contributed by atoms with Crippen LogP contribution in [-0.4, -0.2) is 33.9 Å². The number of rotatable bonds is 6. The summed E-state index contributed by atoms with van der Waals surface area (Å²) in [5.74, 6) is 0.625. The van der Waals surface area contributed by atoms with Crippen molar-refractivity contribution in [1.82, 2.24) is 20.2 Å². The largest absolute Gasteiger partial charge is 0.397 e. The fourth-order valence-electron chi connectivity index (χ4n) is 2.10. The van der Waals surface area contributed by atoms with E-state index in [0.29, 0.717) is 29.7 Å². The minimum atomic E-state index is 0.00742. The van der Waals surface area contributed by atoms with Gasteiger partial charge < -0.3 is 10.5 Å². The van der Waals surface area contributed by atoms with E-state index in [9.17, 15) is 0 Å². The van der Waals surface area contributed by atoms with Crippen molar-refractivity contribution in [1.29, 1.82) is 0 Å². The number of nitrogens with two attached hydrogens (primary N) is 1. The van der Waals surface area contributed by atoms with Crippen molar-refractivity contribution in [2.75, 3.05) is 19.5 Å². The van der Waals surface area contributed by atoms with Crippen LogP contribution in [0.1, 0.15) is 20.3 Å². The van der Waals surface area contributed by atoms with Crippen LogP contribution in [0.3, 0.4) is 0 Å². The molecule has 0 saturated heterocycles. The van der Waals surface area contributed by atoms with Crippen LogP contribution in [0.2, 0.25) is 5.02 Å². The van der Waals surface area contributed by atoms with Crippen molar-refractivity contribution in [2.45, 2.75) is 26.8 Å². The van der Waals surface area contributed by atoms with E-state index in [0.717, 1.165) is 12.0 Å². The second-order valence-corrected chi connectivity index (χ2v) is 6.18. The predicted molar refractivity (Wildman–Crippen MR) is 82.9 cm³/mol. The molecule has 2 rings (SSSR count). The molecular formula is C14H20ClN5O. The highest BCUT2D eigenvalue weighted by atomic mass is 35.5. The number of halogens is 1. The van der Waals surface area contributed by atoms with Gasteiger partial charge in [-0.15, -0.1) is 5.10 Å². The van der Waals surface area contributed by atoms with E-state index in [2.05, 4.69) is 29.4 Å². The number of ether oxygens (including phenoxy) is 1. The van der Waals surface area contributed by atoms with Gasteiger partial charge in [-0.1, -0.05) is 31.5 Å². The molecule has 0 saturated carbocycles. The van der Waals surface area contributed by atoms with Gasteiger partial charge >= 0.3 is 0 Å². The molecule has 0 amide bonds. The van der Waals surface area contributed by atoms with Crippen molar-refractivity contribution in [2.24, 2.45) is 5.41 Å². The van der Waals surface area contributed by atoms with E-state index in [1.807, 2.05) is 12.1 Å². The molecule has 0 aliphatic rings. The highest BCUT2D eigenvalue weighted by molar-refractivity contribution is 6.33. The first-order valence-corrected chi connectivity index (χ1v) is 7.12. The third-order valence-electron chi connectivity index (χ3n) is 3.39. The lowest BCUT2D eigenvalue weighted by Gasteiger charge is -2.24. The summed E-state index contributed by atoms with van der Waals surface area (Å²) < 4.78 is 6.91. The molecule has 0 atom stereocenters. The van der Waals surface area contributed by atoms with Crippen LogP contribution in [0, 0.1) is 5.41 Å². The van der Waals surface area contributed by atoms with Gasteiger partial charge in [-0.3, -0.25) is 0 Å². The first-order chi connectivity index (χ1) is 9.94. The van der Waals surface area contributed by atoms with Crippen LogP contribution in [0.15, 0.2) is 18.2 Å². The quantitative estimate of drug-likeness (QED) is 0.830. The number of nitrogen functional groups attached to an aromatic ring is 1. The lowest BCUT2D eigenvalue weighted by molar-refractivity contribution is 0.140. The Labute approximate surface area is 129 Å².